The van der Waals surface area contributed by atoms with Crippen molar-refractivity contribution in [3.63, 3.8) is 0 Å². The molecule has 2 aromatic rings. The van der Waals surface area contributed by atoms with Gasteiger partial charge in [-0.25, -0.2) is 9.37 Å². The number of fused-ring (bicyclic) bond motifs is 1. The molecule has 2 heterocycles. The normalized spacial score (nSPS) is 9.71. The summed E-state index contributed by atoms with van der Waals surface area (Å²) in [4.78, 5) is 3.86. The lowest BCUT2D eigenvalue weighted by molar-refractivity contribution is 0.513. The van der Waals surface area contributed by atoms with E-state index in [1.807, 2.05) is 13.8 Å². The third kappa shape index (κ3) is 2.60. The second kappa shape index (κ2) is 5.55. The average Bonchev–Trinajstić information content (AvgIpc) is 2.62. The monoisotopic (exact) mass is 325 g/mol. The van der Waals surface area contributed by atoms with E-state index in [9.17, 15) is 4.39 Å². The van der Waals surface area contributed by atoms with Crippen molar-refractivity contribution in [3.05, 3.63) is 24.1 Å². The van der Waals surface area contributed by atoms with Crippen molar-refractivity contribution >= 4 is 41.2 Å². The van der Waals surface area contributed by atoms with E-state index in [-0.39, 0.29) is 5.82 Å². The van der Waals surface area contributed by atoms with Crippen molar-refractivity contribution in [2.45, 2.75) is 18.9 Å². The van der Waals surface area contributed by atoms with Crippen molar-refractivity contribution in [1.29, 1.82) is 0 Å². The Kier molecular flexibility index (Phi) is 4.67. The third-order valence-electron chi connectivity index (χ3n) is 1.39. The Labute approximate surface area is 97.9 Å². The fourth-order valence-corrected chi connectivity index (χ4v) is 1.84. The zero-order valence-corrected chi connectivity index (χ0v) is 10.7. The summed E-state index contributed by atoms with van der Waals surface area (Å²) in [5.74, 6) is -0.373. The Balaban J connectivity index is 0.000000461. The molecule has 0 bridgehead atoms. The molecule has 0 atom stereocenters. The minimum absolute atomic E-state index is 0.373. The van der Waals surface area contributed by atoms with E-state index in [1.165, 1.54) is 21.2 Å². The van der Waals surface area contributed by atoms with Gasteiger partial charge in [0.05, 0.1) is 6.20 Å². The van der Waals surface area contributed by atoms with Gasteiger partial charge >= 0.3 is 0 Å². The van der Waals surface area contributed by atoms with E-state index in [2.05, 4.69) is 26.2 Å². The number of aromatic nitrogens is 1. The number of hydrogen-bond donors (Lipinski definition) is 0. The summed E-state index contributed by atoms with van der Waals surface area (Å²) in [6.07, 6.45) is 1.18. The van der Waals surface area contributed by atoms with E-state index >= 15 is 0 Å². The van der Waals surface area contributed by atoms with Crippen LogP contribution >= 0.6 is 30.1 Å². The lowest BCUT2D eigenvalue weighted by Crippen LogP contribution is -1.75. The topological polar surface area (TPSA) is 26.0 Å². The van der Waals surface area contributed by atoms with Crippen LogP contribution in [0.4, 0.5) is 4.39 Å². The Bertz CT molecular complexity index is 418. The Hall–Kier alpha value is -0.300. The highest BCUT2D eigenvalue weighted by molar-refractivity contribution is 14.2. The van der Waals surface area contributed by atoms with E-state index in [0.29, 0.717) is 11.1 Å². The van der Waals surface area contributed by atoms with Crippen LogP contribution in [-0.4, -0.2) is 4.98 Å². The smallest absolute Gasteiger partial charge is 0.173 e. The molecule has 0 aliphatic rings. The van der Waals surface area contributed by atoms with Gasteiger partial charge in [0.2, 0.25) is 0 Å². The second-order valence-corrected chi connectivity index (χ2v) is 4.06. The summed E-state index contributed by atoms with van der Waals surface area (Å²) in [5, 5.41) is 0.740. The molecule has 14 heavy (non-hydrogen) atoms. The van der Waals surface area contributed by atoms with Gasteiger partial charge in [0.1, 0.15) is 11.3 Å². The molecule has 0 saturated carbocycles. The van der Waals surface area contributed by atoms with Crippen molar-refractivity contribution < 1.29 is 8.81 Å². The number of hydrogen-bond acceptors (Lipinski definition) is 3. The van der Waals surface area contributed by atoms with Gasteiger partial charge in [-0.3, -0.25) is 0 Å². The maximum atomic E-state index is 12.6. The largest absolute Gasteiger partial charge is 0.447 e. The van der Waals surface area contributed by atoms with E-state index in [4.69, 9.17) is 4.42 Å². The van der Waals surface area contributed by atoms with Gasteiger partial charge in [-0.05, 0) is 8.93 Å². The SMILES string of the molecule is CC.Fc1cnc2cc(SI)oc2c1. The molecule has 0 radical (unpaired) electrons. The summed E-state index contributed by atoms with van der Waals surface area (Å²) < 4.78 is 17.9. The molecule has 0 spiro atoms. The molecule has 0 aliphatic heterocycles. The molecule has 0 fully saturated rings. The van der Waals surface area contributed by atoms with Crippen LogP contribution in [0.3, 0.4) is 0 Å². The molecule has 0 aliphatic carbocycles. The first-order valence-corrected chi connectivity index (χ1v) is 7.49. The zero-order chi connectivity index (χ0) is 10.6. The molecule has 2 aromatic heterocycles. The van der Waals surface area contributed by atoms with Gasteiger partial charge in [-0.1, -0.05) is 13.8 Å². The number of halogens is 2. The summed E-state index contributed by atoms with van der Waals surface area (Å²) in [6.45, 7) is 4.00. The predicted molar refractivity (Wildman–Crippen MR) is 65.2 cm³/mol. The van der Waals surface area contributed by atoms with Gasteiger partial charge in [0.15, 0.2) is 10.7 Å². The number of furan rings is 1. The van der Waals surface area contributed by atoms with Crippen LogP contribution in [0.15, 0.2) is 27.8 Å². The fourth-order valence-electron chi connectivity index (χ4n) is 0.909. The molecule has 0 amide bonds. The van der Waals surface area contributed by atoms with E-state index in [1.54, 1.807) is 6.07 Å². The first kappa shape index (κ1) is 11.8. The fraction of sp³-hybridized carbons (Fsp3) is 0.222. The van der Waals surface area contributed by atoms with Crippen LogP contribution in [0.2, 0.25) is 0 Å². The van der Waals surface area contributed by atoms with E-state index in [0.717, 1.165) is 5.09 Å². The predicted octanol–water partition coefficient (Wildman–Crippen LogP) is 4.44. The Morgan fingerprint density at radius 1 is 1.43 bits per heavy atom. The van der Waals surface area contributed by atoms with Gasteiger partial charge < -0.3 is 4.42 Å². The molecule has 0 N–H and O–H groups in total. The molecular formula is C9H9FINOS. The summed E-state index contributed by atoms with van der Waals surface area (Å²) >= 11 is 2.10. The average molecular weight is 325 g/mol. The molecule has 0 saturated heterocycles. The third-order valence-corrected chi connectivity index (χ3v) is 3.04. The van der Waals surface area contributed by atoms with Crippen molar-refractivity contribution in [3.8, 4) is 0 Å². The van der Waals surface area contributed by atoms with Crippen LogP contribution in [-0.2, 0) is 0 Å². The summed E-state index contributed by atoms with van der Waals surface area (Å²) in [6, 6.07) is 3.12. The summed E-state index contributed by atoms with van der Waals surface area (Å²) in [5.41, 5.74) is 1.18. The zero-order valence-electron chi connectivity index (χ0n) is 7.75. The molecule has 0 unspecified atom stereocenters. The Morgan fingerprint density at radius 2 is 2.14 bits per heavy atom. The maximum absolute atomic E-state index is 12.6. The van der Waals surface area contributed by atoms with Crippen molar-refractivity contribution in [2.24, 2.45) is 0 Å². The van der Waals surface area contributed by atoms with Crippen LogP contribution < -0.4 is 0 Å². The number of rotatable bonds is 1. The highest BCUT2D eigenvalue weighted by Crippen LogP contribution is 2.30. The quantitative estimate of drug-likeness (QED) is 0.725. The van der Waals surface area contributed by atoms with Gasteiger partial charge in [-0.2, -0.15) is 0 Å². The van der Waals surface area contributed by atoms with Gasteiger partial charge in [0.25, 0.3) is 0 Å². The Morgan fingerprint density at radius 3 is 2.79 bits per heavy atom. The van der Waals surface area contributed by atoms with Crippen molar-refractivity contribution in [2.75, 3.05) is 0 Å². The van der Waals surface area contributed by atoms with Gasteiger partial charge in [0, 0.05) is 33.3 Å². The molecule has 2 nitrogen and oxygen atoms in total. The maximum Gasteiger partial charge on any atom is 0.173 e. The second-order valence-electron chi connectivity index (χ2n) is 2.18. The molecule has 0 aromatic carbocycles. The minimum Gasteiger partial charge on any atom is -0.447 e. The first-order chi connectivity index (χ1) is 6.79. The molecule has 2 rings (SSSR count). The number of nitrogens with zero attached hydrogens (tertiary/aromatic N) is 1. The van der Waals surface area contributed by atoms with Crippen LogP contribution in [0.25, 0.3) is 11.1 Å². The highest BCUT2D eigenvalue weighted by Gasteiger charge is 2.04. The van der Waals surface area contributed by atoms with Gasteiger partial charge in [-0.15, -0.1) is 0 Å². The molecule has 5 heteroatoms. The first-order valence-electron chi connectivity index (χ1n) is 4.13. The highest BCUT2D eigenvalue weighted by atomic mass is 127. The van der Waals surface area contributed by atoms with Crippen LogP contribution in [0.5, 0.6) is 0 Å². The molecule has 76 valence electrons. The number of pyridine rings is 1. The summed E-state index contributed by atoms with van der Waals surface area (Å²) in [7, 11) is 1.44. The van der Waals surface area contributed by atoms with E-state index < -0.39 is 0 Å². The molecular weight excluding hydrogens is 316 g/mol. The lowest BCUT2D eigenvalue weighted by Gasteiger charge is -1.85. The minimum atomic E-state index is -0.373. The lowest BCUT2D eigenvalue weighted by atomic mass is 10.4. The standard InChI is InChI=1S/C7H3FINOS.C2H6/c8-4-1-6-5(10-3-4)2-7(11-6)12-9;1-2/h1-3H;1-2H3. The van der Waals surface area contributed by atoms with Crippen LogP contribution in [0.1, 0.15) is 13.8 Å². The van der Waals surface area contributed by atoms with Crippen LogP contribution in [0, 0.1) is 5.82 Å². The van der Waals surface area contributed by atoms with Crippen molar-refractivity contribution in [1.82, 2.24) is 4.98 Å².